The van der Waals surface area contributed by atoms with Crippen molar-refractivity contribution in [2.45, 2.75) is 18.8 Å². The quantitative estimate of drug-likeness (QED) is 0.816. The molecule has 0 spiro atoms. The van der Waals surface area contributed by atoms with Crippen LogP contribution in [0.2, 0.25) is 0 Å². The van der Waals surface area contributed by atoms with Gasteiger partial charge in [0.1, 0.15) is 5.75 Å². The Labute approximate surface area is 150 Å². The molecular weight excluding hydrogens is 345 g/mol. The Hall–Kier alpha value is -2.54. The Balaban J connectivity index is 1.93. The predicted octanol–water partition coefficient (Wildman–Crippen LogP) is 3.49. The summed E-state index contributed by atoms with van der Waals surface area (Å²) in [4.78, 5) is 14.2. The van der Waals surface area contributed by atoms with Crippen molar-refractivity contribution >= 4 is 5.91 Å². The van der Waals surface area contributed by atoms with Gasteiger partial charge < -0.3 is 15.0 Å². The van der Waals surface area contributed by atoms with Crippen molar-refractivity contribution in [3.05, 3.63) is 65.7 Å². The molecule has 1 N–H and O–H groups in total. The van der Waals surface area contributed by atoms with Crippen molar-refractivity contribution in [3.63, 3.8) is 0 Å². The SMILES string of the molecule is CN(C)C(CNC(=O)c1ccc(OC(F)(F)F)cc1)Cc1ccccc1. The molecule has 0 saturated heterocycles. The summed E-state index contributed by atoms with van der Waals surface area (Å²) in [6, 6.07) is 14.9. The standard InChI is InChI=1S/C19H21F3N2O2/c1-24(2)16(12-14-6-4-3-5-7-14)13-23-18(25)15-8-10-17(11-9-15)26-19(20,21)22/h3-11,16H,12-13H2,1-2H3,(H,23,25). The number of hydrogen-bond acceptors (Lipinski definition) is 3. The van der Waals surface area contributed by atoms with Crippen LogP contribution >= 0.6 is 0 Å². The first kappa shape index (κ1) is 19.8. The number of hydrogen-bond donors (Lipinski definition) is 1. The maximum Gasteiger partial charge on any atom is 0.573 e. The molecule has 0 aliphatic carbocycles. The zero-order chi connectivity index (χ0) is 19.2. The second-order valence-corrected chi connectivity index (χ2v) is 6.09. The summed E-state index contributed by atoms with van der Waals surface area (Å²) >= 11 is 0. The van der Waals surface area contributed by atoms with Crippen molar-refractivity contribution in [1.29, 1.82) is 0 Å². The van der Waals surface area contributed by atoms with E-state index in [0.717, 1.165) is 24.1 Å². The minimum Gasteiger partial charge on any atom is -0.406 e. The number of carbonyl (C=O) groups excluding carboxylic acids is 1. The van der Waals surface area contributed by atoms with Crippen LogP contribution in [0.5, 0.6) is 5.75 Å². The second-order valence-electron chi connectivity index (χ2n) is 6.09. The van der Waals surface area contributed by atoms with Crippen molar-refractivity contribution in [1.82, 2.24) is 10.2 Å². The summed E-state index contributed by atoms with van der Waals surface area (Å²) in [5.74, 6) is -0.701. The highest BCUT2D eigenvalue weighted by atomic mass is 19.4. The third kappa shape index (κ3) is 6.40. The van der Waals surface area contributed by atoms with Gasteiger partial charge in [-0.15, -0.1) is 13.2 Å². The molecule has 26 heavy (non-hydrogen) atoms. The average Bonchev–Trinajstić information content (AvgIpc) is 2.58. The molecule has 7 heteroatoms. The molecule has 4 nitrogen and oxygen atoms in total. The maximum absolute atomic E-state index is 12.2. The Morgan fingerprint density at radius 1 is 1.08 bits per heavy atom. The molecule has 2 rings (SSSR count). The number of amides is 1. The fraction of sp³-hybridized carbons (Fsp3) is 0.316. The number of likely N-dealkylation sites (N-methyl/N-ethyl adjacent to an activating group) is 1. The molecule has 0 fully saturated rings. The van der Waals surface area contributed by atoms with Crippen LogP contribution in [0.1, 0.15) is 15.9 Å². The smallest absolute Gasteiger partial charge is 0.406 e. The van der Waals surface area contributed by atoms with E-state index in [1.807, 2.05) is 49.3 Å². The molecule has 2 aromatic rings. The largest absolute Gasteiger partial charge is 0.573 e. The molecule has 0 aromatic heterocycles. The van der Waals surface area contributed by atoms with Crippen molar-refractivity contribution in [3.8, 4) is 5.75 Å². The van der Waals surface area contributed by atoms with E-state index in [1.54, 1.807) is 0 Å². The van der Waals surface area contributed by atoms with E-state index in [1.165, 1.54) is 12.1 Å². The van der Waals surface area contributed by atoms with Crippen LogP contribution < -0.4 is 10.1 Å². The molecule has 1 unspecified atom stereocenters. The van der Waals surface area contributed by atoms with Crippen LogP contribution in [0.25, 0.3) is 0 Å². The van der Waals surface area contributed by atoms with E-state index in [0.29, 0.717) is 6.54 Å². The number of nitrogens with one attached hydrogen (secondary N) is 1. The first-order valence-electron chi connectivity index (χ1n) is 8.09. The predicted molar refractivity (Wildman–Crippen MR) is 93.1 cm³/mol. The molecule has 0 saturated carbocycles. The molecule has 0 radical (unpaired) electrons. The van der Waals surface area contributed by atoms with Gasteiger partial charge in [-0.3, -0.25) is 4.79 Å². The van der Waals surface area contributed by atoms with Gasteiger partial charge in [0, 0.05) is 18.2 Å². The van der Waals surface area contributed by atoms with Gasteiger partial charge in [0.2, 0.25) is 0 Å². The summed E-state index contributed by atoms with van der Waals surface area (Å²) in [5.41, 5.74) is 1.44. The zero-order valence-electron chi connectivity index (χ0n) is 14.6. The van der Waals surface area contributed by atoms with Crippen LogP contribution in [-0.4, -0.2) is 43.9 Å². The lowest BCUT2D eigenvalue weighted by molar-refractivity contribution is -0.274. The van der Waals surface area contributed by atoms with E-state index in [-0.39, 0.29) is 23.3 Å². The van der Waals surface area contributed by atoms with Crippen LogP contribution in [0.4, 0.5) is 13.2 Å². The summed E-state index contributed by atoms with van der Waals surface area (Å²) in [7, 11) is 3.87. The van der Waals surface area contributed by atoms with Gasteiger partial charge in [0.15, 0.2) is 0 Å². The van der Waals surface area contributed by atoms with E-state index in [2.05, 4.69) is 10.1 Å². The lowest BCUT2D eigenvalue weighted by Crippen LogP contribution is -2.41. The molecule has 2 aromatic carbocycles. The van der Waals surface area contributed by atoms with Crippen LogP contribution in [0, 0.1) is 0 Å². The third-order valence-corrected chi connectivity index (χ3v) is 3.89. The Bertz CT molecular complexity index is 701. The van der Waals surface area contributed by atoms with Crippen molar-refractivity contribution in [2.75, 3.05) is 20.6 Å². The highest BCUT2D eigenvalue weighted by Crippen LogP contribution is 2.22. The molecule has 1 amide bonds. The molecule has 0 aliphatic heterocycles. The number of alkyl halides is 3. The Morgan fingerprint density at radius 3 is 2.23 bits per heavy atom. The van der Waals surface area contributed by atoms with Gasteiger partial charge in [0.05, 0.1) is 0 Å². The highest BCUT2D eigenvalue weighted by Gasteiger charge is 2.31. The Kier molecular flexibility index (Phi) is 6.63. The van der Waals surface area contributed by atoms with Gasteiger partial charge in [-0.2, -0.15) is 0 Å². The van der Waals surface area contributed by atoms with E-state index >= 15 is 0 Å². The highest BCUT2D eigenvalue weighted by molar-refractivity contribution is 5.94. The van der Waals surface area contributed by atoms with Gasteiger partial charge >= 0.3 is 6.36 Å². The number of rotatable bonds is 7. The summed E-state index contributed by atoms with van der Waals surface area (Å²) in [6.07, 6.45) is -3.98. The van der Waals surface area contributed by atoms with Crippen molar-refractivity contribution in [2.24, 2.45) is 0 Å². The first-order chi connectivity index (χ1) is 12.2. The maximum atomic E-state index is 12.2. The molecule has 140 valence electrons. The molecular formula is C19H21F3N2O2. The molecule has 0 bridgehead atoms. The van der Waals surface area contributed by atoms with Gasteiger partial charge in [-0.25, -0.2) is 0 Å². The van der Waals surface area contributed by atoms with E-state index < -0.39 is 6.36 Å². The minimum absolute atomic E-state index is 0.0918. The van der Waals surface area contributed by atoms with Crippen LogP contribution in [0.3, 0.4) is 0 Å². The van der Waals surface area contributed by atoms with E-state index in [4.69, 9.17) is 0 Å². The minimum atomic E-state index is -4.75. The monoisotopic (exact) mass is 366 g/mol. The summed E-state index contributed by atoms with van der Waals surface area (Å²) in [5, 5.41) is 2.82. The number of nitrogens with zero attached hydrogens (tertiary/aromatic N) is 1. The summed E-state index contributed by atoms with van der Waals surface area (Å²) < 4.78 is 40.3. The molecule has 0 heterocycles. The van der Waals surface area contributed by atoms with Gasteiger partial charge in [0.25, 0.3) is 5.91 Å². The lowest BCUT2D eigenvalue weighted by atomic mass is 10.0. The number of carbonyl (C=O) groups is 1. The third-order valence-electron chi connectivity index (χ3n) is 3.89. The van der Waals surface area contributed by atoms with Crippen LogP contribution in [0.15, 0.2) is 54.6 Å². The number of ether oxygens (including phenoxy) is 1. The van der Waals surface area contributed by atoms with E-state index in [9.17, 15) is 18.0 Å². The van der Waals surface area contributed by atoms with Gasteiger partial charge in [-0.05, 0) is 50.3 Å². The second kappa shape index (κ2) is 8.71. The van der Waals surface area contributed by atoms with Crippen LogP contribution in [-0.2, 0) is 6.42 Å². The first-order valence-corrected chi connectivity index (χ1v) is 8.09. The lowest BCUT2D eigenvalue weighted by Gasteiger charge is -2.24. The molecule has 1 atom stereocenters. The average molecular weight is 366 g/mol. The molecule has 0 aliphatic rings. The zero-order valence-corrected chi connectivity index (χ0v) is 14.6. The normalized spacial score (nSPS) is 12.7. The van der Waals surface area contributed by atoms with Crippen molar-refractivity contribution < 1.29 is 22.7 Å². The fourth-order valence-electron chi connectivity index (χ4n) is 2.44. The Morgan fingerprint density at radius 2 is 1.69 bits per heavy atom. The number of benzene rings is 2. The number of halogens is 3. The fourth-order valence-corrected chi connectivity index (χ4v) is 2.44. The van der Waals surface area contributed by atoms with Gasteiger partial charge in [-0.1, -0.05) is 30.3 Å². The topological polar surface area (TPSA) is 41.6 Å². The summed E-state index contributed by atoms with van der Waals surface area (Å²) in [6.45, 7) is 0.418.